The number of aryl methyl sites for hydroxylation is 2. The summed E-state index contributed by atoms with van der Waals surface area (Å²) in [6.07, 6.45) is 2.68. The zero-order valence-corrected chi connectivity index (χ0v) is 17.3. The summed E-state index contributed by atoms with van der Waals surface area (Å²) in [6.45, 7) is 5.85. The van der Waals surface area contributed by atoms with E-state index < -0.39 is 0 Å². The van der Waals surface area contributed by atoms with Gasteiger partial charge in [0, 0.05) is 30.9 Å². The molecule has 0 saturated heterocycles. The summed E-state index contributed by atoms with van der Waals surface area (Å²) in [5, 5.41) is 10.5. The lowest BCUT2D eigenvalue weighted by atomic mass is 10.2. The molecule has 30 heavy (non-hydrogen) atoms. The second kappa shape index (κ2) is 8.82. The van der Waals surface area contributed by atoms with Crippen LogP contribution in [0.5, 0.6) is 0 Å². The first-order valence-electron chi connectivity index (χ1n) is 10.2. The number of aromatic nitrogens is 4. The Labute approximate surface area is 175 Å². The lowest BCUT2D eigenvalue weighted by Gasteiger charge is -2.09. The molecule has 2 heterocycles. The summed E-state index contributed by atoms with van der Waals surface area (Å²) in [4.78, 5) is 16.6. The number of amides is 2. The molecule has 0 aliphatic heterocycles. The zero-order valence-electron chi connectivity index (χ0n) is 17.3. The first-order valence-corrected chi connectivity index (χ1v) is 10.2. The molecule has 0 spiro atoms. The van der Waals surface area contributed by atoms with E-state index in [-0.39, 0.29) is 6.03 Å². The van der Waals surface area contributed by atoms with Gasteiger partial charge in [0.25, 0.3) is 0 Å². The van der Waals surface area contributed by atoms with Crippen molar-refractivity contribution in [3.8, 4) is 5.69 Å². The van der Waals surface area contributed by atoms with Gasteiger partial charge < -0.3 is 15.2 Å². The van der Waals surface area contributed by atoms with E-state index in [0.717, 1.165) is 46.6 Å². The quantitative estimate of drug-likeness (QED) is 0.463. The molecule has 0 bridgehead atoms. The number of nitrogens with one attached hydrogen (secondary N) is 2. The van der Waals surface area contributed by atoms with Gasteiger partial charge in [0.2, 0.25) is 0 Å². The molecule has 154 valence electrons. The normalized spacial score (nSPS) is 11.0. The number of hydrogen-bond acceptors (Lipinski definition) is 3. The number of rotatable bonds is 7. The van der Waals surface area contributed by atoms with Gasteiger partial charge in [0.05, 0.1) is 28.7 Å². The van der Waals surface area contributed by atoms with Crippen molar-refractivity contribution in [2.75, 3.05) is 6.54 Å². The molecule has 7 nitrogen and oxygen atoms in total. The summed E-state index contributed by atoms with van der Waals surface area (Å²) in [5.41, 5.74) is 6.11. The second-order valence-electron chi connectivity index (χ2n) is 7.29. The van der Waals surface area contributed by atoms with E-state index in [1.54, 1.807) is 0 Å². The first-order chi connectivity index (χ1) is 14.6. The van der Waals surface area contributed by atoms with Crippen LogP contribution in [0.25, 0.3) is 16.7 Å². The lowest BCUT2D eigenvalue weighted by Crippen LogP contribution is -2.36. The molecule has 4 aromatic rings. The fourth-order valence-corrected chi connectivity index (χ4v) is 3.62. The van der Waals surface area contributed by atoms with Crippen LogP contribution in [0.4, 0.5) is 4.79 Å². The molecular weight excluding hydrogens is 376 g/mol. The highest BCUT2D eigenvalue weighted by Gasteiger charge is 2.13. The van der Waals surface area contributed by atoms with Gasteiger partial charge >= 0.3 is 6.03 Å². The topological polar surface area (TPSA) is 76.8 Å². The maximum absolute atomic E-state index is 12.2. The number of hydrogen-bond donors (Lipinski definition) is 2. The molecule has 2 N–H and O–H groups in total. The summed E-state index contributed by atoms with van der Waals surface area (Å²) in [6, 6.07) is 17.9. The number of para-hydroxylation sites is 3. The van der Waals surface area contributed by atoms with E-state index in [2.05, 4.69) is 31.3 Å². The van der Waals surface area contributed by atoms with Crippen LogP contribution in [0, 0.1) is 13.8 Å². The summed E-state index contributed by atoms with van der Waals surface area (Å²) >= 11 is 0. The van der Waals surface area contributed by atoms with Gasteiger partial charge in [-0.2, -0.15) is 5.10 Å². The van der Waals surface area contributed by atoms with Crippen molar-refractivity contribution in [1.29, 1.82) is 0 Å². The number of fused-ring (bicyclic) bond motifs is 1. The second-order valence-corrected chi connectivity index (χ2v) is 7.29. The predicted octanol–water partition coefficient (Wildman–Crippen LogP) is 3.73. The van der Waals surface area contributed by atoms with Gasteiger partial charge in [-0.25, -0.2) is 14.5 Å². The standard InChI is InChI=1S/C23H26N6O/c1-17-20(18(2)29(27-17)19-9-4-3-5-10-19)15-25-23(30)24-13-8-14-28-16-26-21-11-6-7-12-22(21)28/h3-7,9-12,16H,8,13-15H2,1-2H3,(H2,24,25,30). The molecule has 0 aliphatic rings. The van der Waals surface area contributed by atoms with Crippen molar-refractivity contribution >= 4 is 17.1 Å². The van der Waals surface area contributed by atoms with Crippen molar-refractivity contribution in [3.05, 3.63) is 77.9 Å². The number of benzene rings is 2. The Balaban J connectivity index is 1.27. The van der Waals surface area contributed by atoms with Gasteiger partial charge in [-0.3, -0.25) is 0 Å². The molecule has 7 heteroatoms. The highest BCUT2D eigenvalue weighted by Crippen LogP contribution is 2.17. The number of carbonyl (C=O) groups excluding carboxylic acids is 1. The van der Waals surface area contributed by atoms with Crippen LogP contribution >= 0.6 is 0 Å². The Bertz CT molecular complexity index is 1150. The average molecular weight is 403 g/mol. The SMILES string of the molecule is Cc1nn(-c2ccccc2)c(C)c1CNC(=O)NCCCn1cnc2ccccc21. The zero-order chi connectivity index (χ0) is 20.9. The average Bonchev–Trinajstić information content (AvgIpc) is 3.31. The molecule has 2 aromatic heterocycles. The third kappa shape index (κ3) is 4.20. The minimum atomic E-state index is -0.170. The first kappa shape index (κ1) is 19.7. The van der Waals surface area contributed by atoms with E-state index in [9.17, 15) is 4.79 Å². The Morgan fingerprint density at radius 2 is 1.77 bits per heavy atom. The predicted molar refractivity (Wildman–Crippen MR) is 118 cm³/mol. The summed E-state index contributed by atoms with van der Waals surface area (Å²) in [5.74, 6) is 0. The summed E-state index contributed by atoms with van der Waals surface area (Å²) in [7, 11) is 0. The van der Waals surface area contributed by atoms with E-state index >= 15 is 0 Å². The maximum Gasteiger partial charge on any atom is 0.315 e. The Hall–Kier alpha value is -3.61. The lowest BCUT2D eigenvalue weighted by molar-refractivity contribution is 0.240. The van der Waals surface area contributed by atoms with E-state index in [1.165, 1.54) is 0 Å². The smallest absolute Gasteiger partial charge is 0.315 e. The third-order valence-electron chi connectivity index (χ3n) is 5.26. The molecule has 4 rings (SSSR count). The minimum Gasteiger partial charge on any atom is -0.338 e. The van der Waals surface area contributed by atoms with Crippen molar-refractivity contribution in [3.63, 3.8) is 0 Å². The van der Waals surface area contributed by atoms with E-state index in [1.807, 2.05) is 73.4 Å². The molecular formula is C23H26N6O. The number of carbonyl (C=O) groups is 1. The Morgan fingerprint density at radius 1 is 1.00 bits per heavy atom. The monoisotopic (exact) mass is 402 g/mol. The third-order valence-corrected chi connectivity index (χ3v) is 5.26. The van der Waals surface area contributed by atoms with Crippen LogP contribution in [0.3, 0.4) is 0 Å². The largest absolute Gasteiger partial charge is 0.338 e. The maximum atomic E-state index is 12.2. The molecule has 2 aromatic carbocycles. The van der Waals surface area contributed by atoms with Crippen molar-refractivity contribution < 1.29 is 4.79 Å². The van der Waals surface area contributed by atoms with Crippen molar-refractivity contribution in [2.24, 2.45) is 0 Å². The van der Waals surface area contributed by atoms with Crippen LogP contribution in [0.1, 0.15) is 23.4 Å². The van der Waals surface area contributed by atoms with E-state index in [0.29, 0.717) is 13.1 Å². The van der Waals surface area contributed by atoms with Gasteiger partial charge in [-0.05, 0) is 44.5 Å². The molecule has 0 atom stereocenters. The molecule has 0 aliphatic carbocycles. The fraction of sp³-hybridized carbons (Fsp3) is 0.261. The highest BCUT2D eigenvalue weighted by molar-refractivity contribution is 5.75. The van der Waals surface area contributed by atoms with Crippen molar-refractivity contribution in [1.82, 2.24) is 30.0 Å². The Morgan fingerprint density at radius 3 is 2.60 bits per heavy atom. The van der Waals surface area contributed by atoms with Crippen LogP contribution in [-0.4, -0.2) is 31.9 Å². The van der Waals surface area contributed by atoms with Crippen molar-refractivity contribution in [2.45, 2.75) is 33.4 Å². The summed E-state index contributed by atoms with van der Waals surface area (Å²) < 4.78 is 4.03. The van der Waals surface area contributed by atoms with Crippen LogP contribution in [0.15, 0.2) is 60.9 Å². The van der Waals surface area contributed by atoms with Gasteiger partial charge in [0.15, 0.2) is 0 Å². The van der Waals surface area contributed by atoms with Crippen LogP contribution in [-0.2, 0) is 13.1 Å². The van der Waals surface area contributed by atoms with Crippen LogP contribution in [0.2, 0.25) is 0 Å². The van der Waals surface area contributed by atoms with Crippen LogP contribution < -0.4 is 10.6 Å². The molecule has 0 radical (unpaired) electrons. The van der Waals surface area contributed by atoms with Gasteiger partial charge in [0.1, 0.15) is 0 Å². The van der Waals surface area contributed by atoms with E-state index in [4.69, 9.17) is 0 Å². The number of urea groups is 1. The molecule has 2 amide bonds. The van der Waals surface area contributed by atoms with Gasteiger partial charge in [-0.15, -0.1) is 0 Å². The Kier molecular flexibility index (Phi) is 5.79. The number of imidazole rings is 1. The molecule has 0 fully saturated rings. The van der Waals surface area contributed by atoms with Gasteiger partial charge in [-0.1, -0.05) is 30.3 Å². The fourth-order valence-electron chi connectivity index (χ4n) is 3.62. The minimum absolute atomic E-state index is 0.170. The molecule has 0 saturated carbocycles. The highest BCUT2D eigenvalue weighted by atomic mass is 16.2. The molecule has 0 unspecified atom stereocenters. The number of nitrogens with zero attached hydrogens (tertiary/aromatic N) is 4.